The fourth-order valence-electron chi connectivity index (χ4n) is 4.54. The highest BCUT2D eigenvalue weighted by Gasteiger charge is 2.33. The average molecular weight is 396 g/mol. The van der Waals surface area contributed by atoms with Crippen LogP contribution in [0.3, 0.4) is 0 Å². The molecule has 0 spiro atoms. The molecule has 0 aliphatic carbocycles. The maximum Gasteiger partial charge on any atom is 0.223 e. The second kappa shape index (κ2) is 10.9. The van der Waals surface area contributed by atoms with E-state index in [0.717, 1.165) is 71.4 Å². The number of morpholine rings is 1. The molecule has 0 saturated carbocycles. The molecule has 0 aromatic carbocycles. The summed E-state index contributed by atoms with van der Waals surface area (Å²) in [5, 5.41) is 3.39. The Morgan fingerprint density at radius 3 is 2.36 bits per heavy atom. The zero-order valence-corrected chi connectivity index (χ0v) is 17.2. The highest BCUT2D eigenvalue weighted by molar-refractivity contribution is 5.85. The van der Waals surface area contributed by atoms with Crippen LogP contribution in [-0.2, 0) is 9.53 Å². The van der Waals surface area contributed by atoms with Crippen LogP contribution >= 0.6 is 24.8 Å². The van der Waals surface area contributed by atoms with Crippen molar-refractivity contribution in [3.63, 3.8) is 0 Å². The van der Waals surface area contributed by atoms with Gasteiger partial charge in [-0.2, -0.15) is 0 Å². The molecule has 1 N–H and O–H groups in total. The van der Waals surface area contributed by atoms with Gasteiger partial charge in [0.05, 0.1) is 12.2 Å². The van der Waals surface area contributed by atoms with Crippen LogP contribution in [0.5, 0.6) is 0 Å². The van der Waals surface area contributed by atoms with E-state index >= 15 is 0 Å². The zero-order chi connectivity index (χ0) is 16.2. The lowest BCUT2D eigenvalue weighted by atomic mass is 9.94. The topological polar surface area (TPSA) is 44.8 Å². The van der Waals surface area contributed by atoms with Crippen LogP contribution < -0.4 is 5.32 Å². The third-order valence-corrected chi connectivity index (χ3v) is 5.58. The molecule has 3 fully saturated rings. The lowest BCUT2D eigenvalue weighted by Crippen LogP contribution is -2.51. The van der Waals surface area contributed by atoms with E-state index in [0.29, 0.717) is 30.1 Å². The molecule has 5 nitrogen and oxygen atoms in total. The van der Waals surface area contributed by atoms with Crippen LogP contribution in [0.25, 0.3) is 0 Å². The number of ether oxygens (including phenoxy) is 1. The van der Waals surface area contributed by atoms with E-state index in [2.05, 4.69) is 29.0 Å². The third kappa shape index (κ3) is 6.55. The first-order chi connectivity index (χ1) is 11.1. The molecule has 0 radical (unpaired) electrons. The lowest BCUT2D eigenvalue weighted by Gasteiger charge is -2.38. The normalized spacial score (nSPS) is 31.3. The Bertz CT molecular complexity index is 398. The van der Waals surface area contributed by atoms with E-state index in [1.54, 1.807) is 0 Å². The van der Waals surface area contributed by atoms with Crippen molar-refractivity contribution in [1.29, 1.82) is 0 Å². The smallest absolute Gasteiger partial charge is 0.223 e. The van der Waals surface area contributed by atoms with E-state index in [9.17, 15) is 4.79 Å². The quantitative estimate of drug-likeness (QED) is 0.792. The maximum absolute atomic E-state index is 12.8. The number of nitrogens with one attached hydrogen (secondary N) is 1. The van der Waals surface area contributed by atoms with Gasteiger partial charge in [0.1, 0.15) is 0 Å². The van der Waals surface area contributed by atoms with Crippen LogP contribution in [0, 0.1) is 5.92 Å². The van der Waals surface area contributed by atoms with E-state index < -0.39 is 0 Å². The minimum atomic E-state index is 0. The first-order valence-electron chi connectivity index (χ1n) is 9.50. The van der Waals surface area contributed by atoms with Gasteiger partial charge < -0.3 is 15.0 Å². The van der Waals surface area contributed by atoms with Gasteiger partial charge in [-0.1, -0.05) is 0 Å². The van der Waals surface area contributed by atoms with Gasteiger partial charge in [-0.25, -0.2) is 0 Å². The van der Waals surface area contributed by atoms with Crippen molar-refractivity contribution >= 4 is 30.7 Å². The van der Waals surface area contributed by atoms with Crippen LogP contribution in [0.2, 0.25) is 0 Å². The highest BCUT2D eigenvalue weighted by Crippen LogP contribution is 2.24. The summed E-state index contributed by atoms with van der Waals surface area (Å²) in [5.41, 5.74) is 0. The van der Waals surface area contributed by atoms with Crippen molar-refractivity contribution in [2.24, 2.45) is 5.92 Å². The molecule has 7 heteroatoms. The largest absolute Gasteiger partial charge is 0.373 e. The Kier molecular flexibility index (Phi) is 10.0. The van der Waals surface area contributed by atoms with Gasteiger partial charge in [0.2, 0.25) is 5.91 Å². The van der Waals surface area contributed by atoms with Gasteiger partial charge in [-0.3, -0.25) is 9.69 Å². The van der Waals surface area contributed by atoms with Crippen LogP contribution in [0.1, 0.15) is 46.0 Å². The van der Waals surface area contributed by atoms with Crippen LogP contribution in [0.15, 0.2) is 0 Å². The molecular weight excluding hydrogens is 361 g/mol. The number of nitrogens with zero attached hydrogens (tertiary/aromatic N) is 2. The molecule has 0 aromatic rings. The second-order valence-electron chi connectivity index (χ2n) is 7.76. The standard InChI is InChI=1S/C18H33N3O2.2ClH/c1-14-11-20(12-15(2)23-14)13-17-4-3-9-21(17)18(22)10-16-5-7-19-8-6-16;;/h14-17,19H,3-13H2,1-2H3;2*1H. The summed E-state index contributed by atoms with van der Waals surface area (Å²) in [6.07, 6.45) is 6.01. The SMILES string of the molecule is CC1CN(CC2CCCN2C(=O)CC2CCNCC2)CC(C)O1.Cl.Cl. The van der Waals surface area contributed by atoms with Gasteiger partial charge in [0.25, 0.3) is 0 Å². The molecule has 3 saturated heterocycles. The summed E-state index contributed by atoms with van der Waals surface area (Å²) < 4.78 is 5.83. The first kappa shape index (κ1) is 23.0. The number of rotatable bonds is 4. The number of halogens is 2. The summed E-state index contributed by atoms with van der Waals surface area (Å²) in [6, 6.07) is 0.418. The number of hydrogen-bond acceptors (Lipinski definition) is 4. The van der Waals surface area contributed by atoms with Crippen molar-refractivity contribution in [3.05, 3.63) is 0 Å². The fourth-order valence-corrected chi connectivity index (χ4v) is 4.54. The van der Waals surface area contributed by atoms with Gasteiger partial charge in [0.15, 0.2) is 0 Å². The molecule has 3 rings (SSSR count). The molecule has 3 atom stereocenters. The molecule has 3 aliphatic rings. The highest BCUT2D eigenvalue weighted by atomic mass is 35.5. The van der Waals surface area contributed by atoms with Crippen molar-refractivity contribution < 1.29 is 9.53 Å². The number of hydrogen-bond donors (Lipinski definition) is 1. The molecule has 1 amide bonds. The Morgan fingerprint density at radius 1 is 1.08 bits per heavy atom. The molecule has 3 aliphatic heterocycles. The summed E-state index contributed by atoms with van der Waals surface area (Å²) in [5.74, 6) is 0.988. The number of likely N-dealkylation sites (tertiary alicyclic amines) is 1. The van der Waals surface area contributed by atoms with E-state index in [1.807, 2.05) is 0 Å². The van der Waals surface area contributed by atoms with Crippen molar-refractivity contribution in [2.45, 2.75) is 64.2 Å². The number of amides is 1. The van der Waals surface area contributed by atoms with Crippen molar-refractivity contribution in [3.8, 4) is 0 Å². The van der Waals surface area contributed by atoms with Crippen molar-refractivity contribution in [2.75, 3.05) is 39.3 Å². The van der Waals surface area contributed by atoms with E-state index in [4.69, 9.17) is 4.74 Å². The van der Waals surface area contributed by atoms with Gasteiger partial charge in [-0.15, -0.1) is 24.8 Å². The minimum absolute atomic E-state index is 0. The molecule has 25 heavy (non-hydrogen) atoms. The van der Waals surface area contributed by atoms with Gasteiger partial charge in [0, 0.05) is 38.6 Å². The molecule has 0 aromatic heterocycles. The Labute approximate surface area is 165 Å². The van der Waals surface area contributed by atoms with Crippen molar-refractivity contribution in [1.82, 2.24) is 15.1 Å². The number of carbonyl (C=O) groups excluding carboxylic acids is 1. The van der Waals surface area contributed by atoms with E-state index in [1.165, 1.54) is 0 Å². The zero-order valence-electron chi connectivity index (χ0n) is 15.6. The number of piperidine rings is 1. The summed E-state index contributed by atoms with van der Waals surface area (Å²) in [7, 11) is 0. The average Bonchev–Trinajstić information content (AvgIpc) is 2.95. The Balaban J connectivity index is 0.00000156. The molecule has 148 valence electrons. The summed E-state index contributed by atoms with van der Waals surface area (Å²) in [6.45, 7) is 10.4. The second-order valence-corrected chi connectivity index (χ2v) is 7.76. The summed E-state index contributed by atoms with van der Waals surface area (Å²) >= 11 is 0. The lowest BCUT2D eigenvalue weighted by molar-refractivity contribution is -0.134. The third-order valence-electron chi connectivity index (χ3n) is 5.58. The van der Waals surface area contributed by atoms with Gasteiger partial charge >= 0.3 is 0 Å². The van der Waals surface area contributed by atoms with E-state index in [-0.39, 0.29) is 24.8 Å². The Morgan fingerprint density at radius 2 is 1.72 bits per heavy atom. The maximum atomic E-state index is 12.8. The monoisotopic (exact) mass is 395 g/mol. The Hall–Kier alpha value is -0.0700. The first-order valence-corrected chi connectivity index (χ1v) is 9.50. The fraction of sp³-hybridized carbons (Fsp3) is 0.944. The molecule has 3 unspecified atom stereocenters. The molecule has 0 bridgehead atoms. The summed E-state index contributed by atoms with van der Waals surface area (Å²) in [4.78, 5) is 17.4. The van der Waals surface area contributed by atoms with Crippen LogP contribution in [0.4, 0.5) is 0 Å². The van der Waals surface area contributed by atoms with Gasteiger partial charge in [-0.05, 0) is 58.5 Å². The predicted octanol–water partition coefficient (Wildman–Crippen LogP) is 2.32. The minimum Gasteiger partial charge on any atom is -0.373 e. The molecular formula is C18H35Cl2N3O2. The molecule has 3 heterocycles. The van der Waals surface area contributed by atoms with Crippen LogP contribution in [-0.4, -0.2) is 73.2 Å². The number of carbonyl (C=O) groups is 1. The predicted molar refractivity (Wildman–Crippen MR) is 106 cm³/mol.